The summed E-state index contributed by atoms with van der Waals surface area (Å²) in [6.07, 6.45) is 3.17. The SMILES string of the molecule is COC(=O)C(Cl)CNC(=O)C1CCCCS1. The summed E-state index contributed by atoms with van der Waals surface area (Å²) in [5, 5.41) is 1.88. The van der Waals surface area contributed by atoms with Crippen LogP contribution in [-0.4, -0.2) is 41.9 Å². The molecule has 16 heavy (non-hydrogen) atoms. The van der Waals surface area contributed by atoms with Crippen molar-refractivity contribution in [3.63, 3.8) is 0 Å². The summed E-state index contributed by atoms with van der Waals surface area (Å²) in [4.78, 5) is 22.7. The maximum Gasteiger partial charge on any atom is 0.325 e. The predicted octanol–water partition coefficient (Wildman–Crippen LogP) is 1.17. The van der Waals surface area contributed by atoms with Crippen LogP contribution in [0.3, 0.4) is 0 Å². The molecule has 6 heteroatoms. The molecule has 0 bridgehead atoms. The van der Waals surface area contributed by atoms with Crippen LogP contribution in [0, 0.1) is 0 Å². The van der Waals surface area contributed by atoms with Crippen molar-refractivity contribution < 1.29 is 14.3 Å². The number of halogens is 1. The van der Waals surface area contributed by atoms with Crippen LogP contribution in [0.1, 0.15) is 19.3 Å². The summed E-state index contributed by atoms with van der Waals surface area (Å²) in [5.74, 6) is 0.483. The molecule has 92 valence electrons. The van der Waals surface area contributed by atoms with E-state index in [0.717, 1.165) is 18.6 Å². The Hall–Kier alpha value is -0.420. The van der Waals surface area contributed by atoms with E-state index in [4.69, 9.17) is 11.6 Å². The Morgan fingerprint density at radius 2 is 2.31 bits per heavy atom. The number of alkyl halides is 1. The van der Waals surface area contributed by atoms with Gasteiger partial charge in [0.05, 0.1) is 12.4 Å². The minimum atomic E-state index is -0.803. The lowest BCUT2D eigenvalue weighted by Gasteiger charge is -2.20. The predicted molar refractivity (Wildman–Crippen MR) is 64.8 cm³/mol. The lowest BCUT2D eigenvalue weighted by molar-refractivity contribution is -0.140. The zero-order valence-corrected chi connectivity index (χ0v) is 10.8. The number of esters is 1. The van der Waals surface area contributed by atoms with Crippen LogP contribution in [0.5, 0.6) is 0 Å². The van der Waals surface area contributed by atoms with Gasteiger partial charge in [-0.3, -0.25) is 9.59 Å². The van der Waals surface area contributed by atoms with Crippen LogP contribution in [0.25, 0.3) is 0 Å². The number of methoxy groups -OCH3 is 1. The van der Waals surface area contributed by atoms with Gasteiger partial charge < -0.3 is 10.1 Å². The fraction of sp³-hybridized carbons (Fsp3) is 0.800. The fourth-order valence-corrected chi connectivity index (χ4v) is 2.85. The number of thioether (sulfide) groups is 1. The average molecular weight is 266 g/mol. The topological polar surface area (TPSA) is 55.4 Å². The zero-order chi connectivity index (χ0) is 12.0. The third-order valence-electron chi connectivity index (χ3n) is 2.38. The van der Waals surface area contributed by atoms with Crippen molar-refractivity contribution >= 4 is 35.2 Å². The molecule has 1 heterocycles. The summed E-state index contributed by atoms with van der Waals surface area (Å²) < 4.78 is 4.46. The van der Waals surface area contributed by atoms with Crippen molar-refractivity contribution in [1.82, 2.24) is 5.32 Å². The molecule has 0 aromatic heterocycles. The second-order valence-electron chi connectivity index (χ2n) is 3.59. The van der Waals surface area contributed by atoms with Gasteiger partial charge in [-0.05, 0) is 18.6 Å². The lowest BCUT2D eigenvalue weighted by Crippen LogP contribution is -2.39. The Bertz CT molecular complexity index is 256. The monoisotopic (exact) mass is 265 g/mol. The second-order valence-corrected chi connectivity index (χ2v) is 5.43. The number of rotatable bonds is 4. The molecule has 1 fully saturated rings. The normalized spacial score (nSPS) is 22.2. The van der Waals surface area contributed by atoms with Crippen LogP contribution in [0.15, 0.2) is 0 Å². The van der Waals surface area contributed by atoms with Crippen LogP contribution in [0.2, 0.25) is 0 Å². The molecule has 2 unspecified atom stereocenters. The average Bonchev–Trinajstić information content (AvgIpc) is 2.35. The Morgan fingerprint density at radius 3 is 2.88 bits per heavy atom. The Kier molecular flexibility index (Phi) is 5.98. The number of carbonyl (C=O) groups is 2. The first-order chi connectivity index (χ1) is 7.65. The highest BCUT2D eigenvalue weighted by atomic mass is 35.5. The molecule has 0 spiro atoms. The molecule has 1 N–H and O–H groups in total. The Morgan fingerprint density at radius 1 is 1.56 bits per heavy atom. The first-order valence-electron chi connectivity index (χ1n) is 5.26. The van der Waals surface area contributed by atoms with Gasteiger partial charge in [-0.1, -0.05) is 6.42 Å². The van der Waals surface area contributed by atoms with Crippen molar-refractivity contribution in [2.45, 2.75) is 29.9 Å². The second kappa shape index (κ2) is 7.01. The van der Waals surface area contributed by atoms with Gasteiger partial charge in [0.25, 0.3) is 0 Å². The first-order valence-corrected chi connectivity index (χ1v) is 6.75. The molecule has 1 saturated heterocycles. The number of hydrogen-bond acceptors (Lipinski definition) is 4. The minimum absolute atomic E-state index is 0.00950. The van der Waals surface area contributed by atoms with Crippen LogP contribution in [-0.2, 0) is 14.3 Å². The highest BCUT2D eigenvalue weighted by Crippen LogP contribution is 2.24. The molecule has 1 amide bonds. The molecule has 1 aliphatic rings. The van der Waals surface area contributed by atoms with Gasteiger partial charge in [-0.25, -0.2) is 0 Å². The van der Waals surface area contributed by atoms with Gasteiger partial charge in [-0.15, -0.1) is 23.4 Å². The van der Waals surface area contributed by atoms with Crippen molar-refractivity contribution in [1.29, 1.82) is 0 Å². The molecule has 1 rings (SSSR count). The van der Waals surface area contributed by atoms with Crippen molar-refractivity contribution in [3.8, 4) is 0 Å². The number of hydrogen-bond donors (Lipinski definition) is 1. The molecule has 0 aromatic rings. The van der Waals surface area contributed by atoms with E-state index in [2.05, 4.69) is 10.1 Å². The van der Waals surface area contributed by atoms with E-state index >= 15 is 0 Å². The zero-order valence-electron chi connectivity index (χ0n) is 9.20. The molecule has 0 aromatic carbocycles. The standard InChI is InChI=1S/C10H16ClNO3S/c1-15-10(14)7(11)6-12-9(13)8-4-2-3-5-16-8/h7-8H,2-6H2,1H3,(H,12,13). The third kappa shape index (κ3) is 4.22. The summed E-state index contributed by atoms with van der Waals surface area (Å²) in [5.41, 5.74) is 0. The molecular formula is C10H16ClNO3S. The van der Waals surface area contributed by atoms with Crippen molar-refractivity contribution in [2.24, 2.45) is 0 Å². The first kappa shape index (κ1) is 13.6. The smallest absolute Gasteiger partial charge is 0.325 e. The van der Waals surface area contributed by atoms with E-state index in [1.165, 1.54) is 13.5 Å². The number of nitrogens with one attached hydrogen (secondary N) is 1. The van der Waals surface area contributed by atoms with Gasteiger partial charge >= 0.3 is 5.97 Å². The van der Waals surface area contributed by atoms with Gasteiger partial charge in [0, 0.05) is 6.54 Å². The summed E-state index contributed by atoms with van der Waals surface area (Å²) in [7, 11) is 1.27. The number of amides is 1. The molecule has 2 atom stereocenters. The highest BCUT2D eigenvalue weighted by Gasteiger charge is 2.23. The number of carbonyl (C=O) groups excluding carboxylic acids is 2. The van der Waals surface area contributed by atoms with E-state index in [1.807, 2.05) is 0 Å². The quantitative estimate of drug-likeness (QED) is 0.612. The van der Waals surface area contributed by atoms with Gasteiger partial charge in [0.1, 0.15) is 5.38 Å². The fourth-order valence-electron chi connectivity index (χ4n) is 1.46. The molecule has 4 nitrogen and oxygen atoms in total. The summed E-state index contributed by atoms with van der Waals surface area (Å²) in [6, 6.07) is 0. The van der Waals surface area contributed by atoms with E-state index in [-0.39, 0.29) is 17.7 Å². The van der Waals surface area contributed by atoms with Gasteiger partial charge in [0.2, 0.25) is 5.91 Å². The molecule has 0 radical (unpaired) electrons. The highest BCUT2D eigenvalue weighted by molar-refractivity contribution is 8.00. The van der Waals surface area contributed by atoms with Gasteiger partial charge in [0.15, 0.2) is 0 Å². The van der Waals surface area contributed by atoms with E-state index in [0.29, 0.717) is 0 Å². The molecular weight excluding hydrogens is 250 g/mol. The maximum atomic E-state index is 11.7. The van der Waals surface area contributed by atoms with Gasteiger partial charge in [-0.2, -0.15) is 0 Å². The van der Waals surface area contributed by atoms with E-state index < -0.39 is 11.3 Å². The third-order valence-corrected chi connectivity index (χ3v) is 4.09. The van der Waals surface area contributed by atoms with Crippen LogP contribution in [0.4, 0.5) is 0 Å². The summed E-state index contributed by atoms with van der Waals surface area (Å²) in [6.45, 7) is 0.129. The van der Waals surface area contributed by atoms with Crippen molar-refractivity contribution in [3.05, 3.63) is 0 Å². The van der Waals surface area contributed by atoms with Crippen molar-refractivity contribution in [2.75, 3.05) is 19.4 Å². The Labute approximate surface area is 104 Å². The summed E-state index contributed by atoms with van der Waals surface area (Å²) >= 11 is 7.38. The van der Waals surface area contributed by atoms with E-state index in [9.17, 15) is 9.59 Å². The van der Waals surface area contributed by atoms with E-state index in [1.54, 1.807) is 11.8 Å². The molecule has 1 aliphatic heterocycles. The molecule has 0 aliphatic carbocycles. The Balaban J connectivity index is 2.26. The minimum Gasteiger partial charge on any atom is -0.468 e. The van der Waals surface area contributed by atoms with Crippen LogP contribution < -0.4 is 5.32 Å². The lowest BCUT2D eigenvalue weighted by atomic mass is 10.2. The molecule has 0 saturated carbocycles. The number of ether oxygens (including phenoxy) is 1. The van der Waals surface area contributed by atoms with Crippen LogP contribution >= 0.6 is 23.4 Å². The largest absolute Gasteiger partial charge is 0.468 e. The maximum absolute atomic E-state index is 11.7.